The predicted molar refractivity (Wildman–Crippen MR) is 80.5 cm³/mol. The average Bonchev–Trinajstić information content (AvgIpc) is 2.82. The number of fused-ring (bicyclic) bond motifs is 1. The van der Waals surface area contributed by atoms with Crippen LogP contribution in [0.5, 0.6) is 0 Å². The van der Waals surface area contributed by atoms with Crippen molar-refractivity contribution in [2.75, 3.05) is 11.0 Å². The van der Waals surface area contributed by atoms with Crippen LogP contribution in [0, 0.1) is 0 Å². The van der Waals surface area contributed by atoms with E-state index >= 15 is 0 Å². The normalized spacial score (nSPS) is 12.5. The van der Waals surface area contributed by atoms with Gasteiger partial charge in [-0.3, -0.25) is 0 Å². The second kappa shape index (κ2) is 5.07. The lowest BCUT2D eigenvalue weighted by molar-refractivity contribution is 0.690. The molecule has 1 N–H and O–H groups in total. The Morgan fingerprint density at radius 1 is 1.37 bits per heavy atom. The second-order valence-corrected chi connectivity index (χ2v) is 6.05. The fraction of sp³-hybridized carbons (Fsp3) is 0.0769. The fourth-order valence-electron chi connectivity index (χ4n) is 1.90. The Bertz CT molecular complexity index is 754. The summed E-state index contributed by atoms with van der Waals surface area (Å²) in [7, 11) is -1.07. The first-order valence-electron chi connectivity index (χ1n) is 5.62. The van der Waals surface area contributed by atoms with Crippen LogP contribution < -0.4 is 4.72 Å². The van der Waals surface area contributed by atoms with Crippen molar-refractivity contribution in [3.8, 4) is 11.1 Å². The second-order valence-electron chi connectivity index (χ2n) is 4.02. The van der Waals surface area contributed by atoms with E-state index in [2.05, 4.69) is 20.1 Å². The molecule has 0 saturated carbocycles. The summed E-state index contributed by atoms with van der Waals surface area (Å²) in [6.45, 7) is 0. The van der Waals surface area contributed by atoms with E-state index in [0.717, 1.165) is 27.0 Å². The van der Waals surface area contributed by atoms with Crippen LogP contribution in [0.4, 0.5) is 5.69 Å². The maximum Gasteiger partial charge on any atom is 0.116 e. The van der Waals surface area contributed by atoms with Gasteiger partial charge in [0.25, 0.3) is 0 Å². The van der Waals surface area contributed by atoms with E-state index in [1.54, 1.807) is 23.9 Å². The first-order valence-corrected chi connectivity index (χ1v) is 8.05. The number of nitrogens with zero attached hydrogens (tertiary/aromatic N) is 2. The zero-order valence-corrected chi connectivity index (χ0v) is 11.8. The summed E-state index contributed by atoms with van der Waals surface area (Å²) < 4.78 is 15.2. The Balaban J connectivity index is 2.09. The highest BCUT2D eigenvalue weighted by Crippen LogP contribution is 2.32. The van der Waals surface area contributed by atoms with E-state index in [9.17, 15) is 4.21 Å². The van der Waals surface area contributed by atoms with Gasteiger partial charge in [0.15, 0.2) is 0 Å². The standard InChI is InChI=1S/C13H11N3OS2/c1-19(17)16-10-4-2-3-9(5-10)11-7-18-12-6-14-8-15-13(11)12/h2-8,16H,1H3. The van der Waals surface area contributed by atoms with E-state index in [4.69, 9.17) is 0 Å². The van der Waals surface area contributed by atoms with Crippen LogP contribution in [-0.2, 0) is 11.0 Å². The van der Waals surface area contributed by atoms with Gasteiger partial charge >= 0.3 is 0 Å². The lowest BCUT2D eigenvalue weighted by Crippen LogP contribution is -2.00. The van der Waals surface area contributed by atoms with Crippen LogP contribution in [0.3, 0.4) is 0 Å². The molecule has 0 saturated heterocycles. The predicted octanol–water partition coefficient (Wildman–Crippen LogP) is 3.06. The van der Waals surface area contributed by atoms with Crippen molar-refractivity contribution in [2.24, 2.45) is 0 Å². The Morgan fingerprint density at radius 2 is 2.26 bits per heavy atom. The third-order valence-corrected chi connectivity index (χ3v) is 4.10. The van der Waals surface area contributed by atoms with E-state index in [1.165, 1.54) is 0 Å². The summed E-state index contributed by atoms with van der Waals surface area (Å²) in [5.74, 6) is 0. The highest BCUT2D eigenvalue weighted by atomic mass is 32.2. The number of nitrogens with one attached hydrogen (secondary N) is 1. The van der Waals surface area contributed by atoms with Crippen LogP contribution in [0.25, 0.3) is 21.3 Å². The molecular weight excluding hydrogens is 278 g/mol. The zero-order chi connectivity index (χ0) is 13.2. The number of anilines is 1. The van der Waals surface area contributed by atoms with Gasteiger partial charge in [-0.1, -0.05) is 12.1 Å². The first kappa shape index (κ1) is 12.3. The molecule has 3 rings (SSSR count). The average molecular weight is 289 g/mol. The molecule has 1 aromatic carbocycles. The molecule has 1 atom stereocenters. The Labute approximate surface area is 117 Å². The number of benzene rings is 1. The molecule has 2 heterocycles. The monoisotopic (exact) mass is 289 g/mol. The lowest BCUT2D eigenvalue weighted by Gasteiger charge is -2.05. The summed E-state index contributed by atoms with van der Waals surface area (Å²) in [6, 6.07) is 7.84. The van der Waals surface area contributed by atoms with E-state index in [1.807, 2.05) is 30.5 Å². The third kappa shape index (κ3) is 2.50. The van der Waals surface area contributed by atoms with Crippen molar-refractivity contribution >= 4 is 38.2 Å². The third-order valence-electron chi connectivity index (χ3n) is 2.67. The number of aromatic nitrogens is 2. The van der Waals surface area contributed by atoms with Crippen molar-refractivity contribution < 1.29 is 4.21 Å². The molecule has 1 unspecified atom stereocenters. The first-order chi connectivity index (χ1) is 9.24. The molecule has 0 amide bonds. The molecule has 96 valence electrons. The number of hydrogen-bond acceptors (Lipinski definition) is 4. The van der Waals surface area contributed by atoms with Gasteiger partial charge in [0.2, 0.25) is 0 Å². The molecule has 0 aliphatic heterocycles. The number of rotatable bonds is 3. The summed E-state index contributed by atoms with van der Waals surface area (Å²) in [5.41, 5.74) is 3.93. The molecule has 0 spiro atoms. The van der Waals surface area contributed by atoms with Crippen LogP contribution in [0.2, 0.25) is 0 Å². The Morgan fingerprint density at radius 3 is 3.11 bits per heavy atom. The van der Waals surface area contributed by atoms with Gasteiger partial charge in [-0.05, 0) is 17.7 Å². The van der Waals surface area contributed by atoms with Crippen LogP contribution in [0.1, 0.15) is 0 Å². The van der Waals surface area contributed by atoms with Gasteiger partial charge in [0.05, 0.1) is 10.2 Å². The van der Waals surface area contributed by atoms with Crippen molar-refractivity contribution in [1.82, 2.24) is 9.97 Å². The molecule has 19 heavy (non-hydrogen) atoms. The molecule has 6 heteroatoms. The quantitative estimate of drug-likeness (QED) is 0.806. The zero-order valence-electron chi connectivity index (χ0n) is 10.2. The molecule has 2 aromatic heterocycles. The highest BCUT2D eigenvalue weighted by Gasteiger charge is 2.08. The van der Waals surface area contributed by atoms with Gasteiger partial charge in [-0.15, -0.1) is 11.3 Å². The minimum atomic E-state index is -1.07. The fourth-order valence-corrected chi connectivity index (χ4v) is 3.25. The molecule has 0 aliphatic carbocycles. The summed E-state index contributed by atoms with van der Waals surface area (Å²) in [6.07, 6.45) is 4.99. The Hall–Kier alpha value is -1.79. The summed E-state index contributed by atoms with van der Waals surface area (Å²) >= 11 is 1.62. The van der Waals surface area contributed by atoms with Crippen molar-refractivity contribution in [2.45, 2.75) is 0 Å². The van der Waals surface area contributed by atoms with E-state index < -0.39 is 11.0 Å². The number of hydrogen-bond donors (Lipinski definition) is 1. The minimum Gasteiger partial charge on any atom is -0.305 e. The van der Waals surface area contributed by atoms with Gasteiger partial charge in [0.1, 0.15) is 17.3 Å². The van der Waals surface area contributed by atoms with Crippen LogP contribution in [-0.4, -0.2) is 20.4 Å². The van der Waals surface area contributed by atoms with Gasteiger partial charge in [-0.25, -0.2) is 14.2 Å². The smallest absolute Gasteiger partial charge is 0.116 e. The number of thiophene rings is 1. The van der Waals surface area contributed by atoms with Gasteiger partial charge < -0.3 is 4.72 Å². The summed E-state index contributed by atoms with van der Waals surface area (Å²) in [5, 5.41) is 2.07. The van der Waals surface area contributed by atoms with E-state index in [0.29, 0.717) is 0 Å². The van der Waals surface area contributed by atoms with Gasteiger partial charge in [-0.2, -0.15) is 0 Å². The highest BCUT2D eigenvalue weighted by molar-refractivity contribution is 7.85. The van der Waals surface area contributed by atoms with Gasteiger partial charge in [0, 0.05) is 29.1 Å². The van der Waals surface area contributed by atoms with Crippen molar-refractivity contribution in [3.05, 3.63) is 42.2 Å². The topological polar surface area (TPSA) is 54.9 Å². The lowest BCUT2D eigenvalue weighted by atomic mass is 10.1. The molecule has 3 aromatic rings. The van der Waals surface area contributed by atoms with Crippen LogP contribution >= 0.6 is 11.3 Å². The molecule has 0 radical (unpaired) electrons. The van der Waals surface area contributed by atoms with Crippen molar-refractivity contribution in [1.29, 1.82) is 0 Å². The SMILES string of the molecule is CS(=O)Nc1cccc(-c2csc3cncnc23)c1. The largest absolute Gasteiger partial charge is 0.305 e. The maximum absolute atomic E-state index is 11.2. The molecular formula is C13H11N3OS2. The molecule has 0 fully saturated rings. The Kier molecular flexibility index (Phi) is 3.27. The minimum absolute atomic E-state index is 0.840. The van der Waals surface area contributed by atoms with Crippen LogP contribution in [0.15, 0.2) is 42.2 Å². The van der Waals surface area contributed by atoms with E-state index in [-0.39, 0.29) is 0 Å². The molecule has 0 bridgehead atoms. The molecule has 0 aliphatic rings. The maximum atomic E-state index is 11.2. The molecule has 4 nitrogen and oxygen atoms in total. The van der Waals surface area contributed by atoms with Crippen molar-refractivity contribution in [3.63, 3.8) is 0 Å². The summed E-state index contributed by atoms with van der Waals surface area (Å²) in [4.78, 5) is 8.35.